The van der Waals surface area contributed by atoms with Gasteiger partial charge in [0, 0.05) is 17.3 Å². The molecule has 2 rings (SSSR count). The van der Waals surface area contributed by atoms with E-state index in [-0.39, 0.29) is 0 Å². The van der Waals surface area contributed by atoms with Crippen molar-refractivity contribution in [1.29, 1.82) is 0 Å². The largest absolute Gasteiger partial charge is 0.262 e. The molecule has 0 atom stereocenters. The maximum Gasteiger partial charge on any atom is 0.0891 e. The maximum absolute atomic E-state index is 4.66. The summed E-state index contributed by atoms with van der Waals surface area (Å²) in [6.07, 6.45) is 3.69. The monoisotopic (exact) mass is 214 g/mol. The van der Waals surface area contributed by atoms with E-state index in [0.29, 0.717) is 11.8 Å². The predicted octanol–water partition coefficient (Wildman–Crippen LogP) is 3.88. The lowest BCUT2D eigenvalue weighted by molar-refractivity contribution is 0.811. The molecule has 2 heteroatoms. The number of rotatable bonds is 2. The van der Waals surface area contributed by atoms with Crippen molar-refractivity contribution in [1.82, 2.24) is 9.97 Å². The number of hydrogen-bond donors (Lipinski definition) is 0. The summed E-state index contributed by atoms with van der Waals surface area (Å²) in [5.41, 5.74) is 3.54. The first-order chi connectivity index (χ1) is 7.59. The van der Waals surface area contributed by atoms with Gasteiger partial charge in [-0.3, -0.25) is 9.97 Å². The second-order valence-corrected chi connectivity index (χ2v) is 4.84. The second kappa shape index (κ2) is 4.20. The SMILES string of the molecule is CC(C)c1cc(C(C)C)c2ccncc2n1. The first kappa shape index (κ1) is 11.1. The standard InChI is InChI=1S/C14H18N2/c1-9(2)12-7-13(10(3)4)16-14-8-15-6-5-11(12)14/h5-10H,1-4H3. The van der Waals surface area contributed by atoms with Crippen LogP contribution in [0.2, 0.25) is 0 Å². The molecule has 0 N–H and O–H groups in total. The van der Waals surface area contributed by atoms with Gasteiger partial charge in [0.2, 0.25) is 0 Å². The molecular weight excluding hydrogens is 196 g/mol. The summed E-state index contributed by atoms with van der Waals surface area (Å²) in [7, 11) is 0. The summed E-state index contributed by atoms with van der Waals surface area (Å²) in [5, 5.41) is 1.23. The van der Waals surface area contributed by atoms with E-state index in [4.69, 9.17) is 0 Å². The summed E-state index contributed by atoms with van der Waals surface area (Å²) in [6.45, 7) is 8.79. The second-order valence-electron chi connectivity index (χ2n) is 4.84. The Morgan fingerprint density at radius 2 is 1.81 bits per heavy atom. The van der Waals surface area contributed by atoms with Crippen LogP contribution in [0.3, 0.4) is 0 Å². The smallest absolute Gasteiger partial charge is 0.0891 e. The highest BCUT2D eigenvalue weighted by Gasteiger charge is 2.10. The highest BCUT2D eigenvalue weighted by atomic mass is 14.7. The third-order valence-electron chi connectivity index (χ3n) is 2.88. The topological polar surface area (TPSA) is 25.8 Å². The van der Waals surface area contributed by atoms with Crippen LogP contribution in [0, 0.1) is 0 Å². The van der Waals surface area contributed by atoms with Gasteiger partial charge in [0.1, 0.15) is 0 Å². The van der Waals surface area contributed by atoms with Crippen LogP contribution >= 0.6 is 0 Å². The van der Waals surface area contributed by atoms with Crippen molar-refractivity contribution >= 4 is 10.9 Å². The van der Waals surface area contributed by atoms with Crippen molar-refractivity contribution in [2.45, 2.75) is 39.5 Å². The molecule has 0 aliphatic rings. The lowest BCUT2D eigenvalue weighted by Crippen LogP contribution is -1.99. The van der Waals surface area contributed by atoms with E-state index < -0.39 is 0 Å². The molecule has 0 aromatic carbocycles. The number of fused-ring (bicyclic) bond motifs is 1. The molecule has 0 unspecified atom stereocenters. The van der Waals surface area contributed by atoms with E-state index in [2.05, 4.69) is 49.8 Å². The van der Waals surface area contributed by atoms with Gasteiger partial charge in [-0.15, -0.1) is 0 Å². The minimum atomic E-state index is 0.460. The molecule has 16 heavy (non-hydrogen) atoms. The van der Waals surface area contributed by atoms with Crippen LogP contribution in [0.25, 0.3) is 10.9 Å². The molecule has 2 nitrogen and oxygen atoms in total. The van der Waals surface area contributed by atoms with Crippen LogP contribution < -0.4 is 0 Å². The van der Waals surface area contributed by atoms with Gasteiger partial charge in [0.15, 0.2) is 0 Å². The molecule has 0 radical (unpaired) electrons. The predicted molar refractivity (Wildman–Crippen MR) is 67.7 cm³/mol. The number of pyridine rings is 2. The van der Waals surface area contributed by atoms with Gasteiger partial charge in [-0.25, -0.2) is 0 Å². The molecule has 0 aliphatic heterocycles. The van der Waals surface area contributed by atoms with Gasteiger partial charge < -0.3 is 0 Å². The first-order valence-corrected chi connectivity index (χ1v) is 5.84. The van der Waals surface area contributed by atoms with Crippen LogP contribution in [-0.4, -0.2) is 9.97 Å². The Balaban J connectivity index is 2.74. The van der Waals surface area contributed by atoms with Crippen LogP contribution in [0.1, 0.15) is 50.8 Å². The molecule has 84 valence electrons. The summed E-state index contributed by atoms with van der Waals surface area (Å²) in [5.74, 6) is 0.979. The summed E-state index contributed by atoms with van der Waals surface area (Å²) < 4.78 is 0. The molecule has 0 spiro atoms. The average Bonchev–Trinajstić information content (AvgIpc) is 2.27. The molecular formula is C14H18N2. The van der Waals surface area contributed by atoms with Crippen molar-refractivity contribution < 1.29 is 0 Å². The zero-order valence-corrected chi connectivity index (χ0v) is 10.4. The lowest BCUT2D eigenvalue weighted by atomic mass is 9.96. The lowest BCUT2D eigenvalue weighted by Gasteiger charge is -2.13. The van der Waals surface area contributed by atoms with E-state index in [0.717, 1.165) is 11.2 Å². The van der Waals surface area contributed by atoms with E-state index in [1.807, 2.05) is 12.4 Å². The van der Waals surface area contributed by atoms with Gasteiger partial charge in [0.25, 0.3) is 0 Å². The van der Waals surface area contributed by atoms with E-state index in [1.165, 1.54) is 10.9 Å². The summed E-state index contributed by atoms with van der Waals surface area (Å²) >= 11 is 0. The van der Waals surface area contributed by atoms with Gasteiger partial charge in [-0.1, -0.05) is 27.7 Å². The van der Waals surface area contributed by atoms with Gasteiger partial charge in [-0.2, -0.15) is 0 Å². The molecule has 0 saturated carbocycles. The van der Waals surface area contributed by atoms with Crippen molar-refractivity contribution in [2.24, 2.45) is 0 Å². The van der Waals surface area contributed by atoms with Crippen molar-refractivity contribution in [2.75, 3.05) is 0 Å². The minimum absolute atomic E-state index is 0.460. The normalized spacial score (nSPS) is 11.6. The zero-order chi connectivity index (χ0) is 11.7. The van der Waals surface area contributed by atoms with Gasteiger partial charge in [0.05, 0.1) is 11.7 Å². The maximum atomic E-state index is 4.66. The van der Waals surface area contributed by atoms with E-state index in [1.54, 1.807) is 0 Å². The zero-order valence-electron chi connectivity index (χ0n) is 10.4. The number of hydrogen-bond acceptors (Lipinski definition) is 2. The van der Waals surface area contributed by atoms with Crippen LogP contribution in [0.5, 0.6) is 0 Å². The summed E-state index contributed by atoms with van der Waals surface area (Å²) in [6, 6.07) is 4.29. The minimum Gasteiger partial charge on any atom is -0.262 e. The van der Waals surface area contributed by atoms with Crippen molar-refractivity contribution in [3.63, 3.8) is 0 Å². The molecule has 2 heterocycles. The Morgan fingerprint density at radius 1 is 1.06 bits per heavy atom. The van der Waals surface area contributed by atoms with Crippen LogP contribution in [-0.2, 0) is 0 Å². The molecule has 2 aromatic heterocycles. The third kappa shape index (κ3) is 1.92. The molecule has 0 bridgehead atoms. The van der Waals surface area contributed by atoms with E-state index in [9.17, 15) is 0 Å². The molecule has 0 aliphatic carbocycles. The Morgan fingerprint density at radius 3 is 2.44 bits per heavy atom. The molecule has 0 fully saturated rings. The highest BCUT2D eigenvalue weighted by molar-refractivity contribution is 5.82. The van der Waals surface area contributed by atoms with Gasteiger partial charge >= 0.3 is 0 Å². The molecule has 0 saturated heterocycles. The van der Waals surface area contributed by atoms with E-state index >= 15 is 0 Å². The van der Waals surface area contributed by atoms with Gasteiger partial charge in [-0.05, 0) is 29.5 Å². The Kier molecular flexibility index (Phi) is 2.90. The van der Waals surface area contributed by atoms with Crippen molar-refractivity contribution in [3.05, 3.63) is 35.8 Å². The fraction of sp³-hybridized carbons (Fsp3) is 0.429. The quantitative estimate of drug-likeness (QED) is 0.758. The fourth-order valence-corrected chi connectivity index (χ4v) is 1.90. The molecule has 0 amide bonds. The third-order valence-corrected chi connectivity index (χ3v) is 2.88. The Labute approximate surface area is 96.7 Å². The highest BCUT2D eigenvalue weighted by Crippen LogP contribution is 2.26. The summed E-state index contributed by atoms with van der Waals surface area (Å²) in [4.78, 5) is 8.81. The van der Waals surface area contributed by atoms with Crippen molar-refractivity contribution in [3.8, 4) is 0 Å². The van der Waals surface area contributed by atoms with Crippen LogP contribution in [0.15, 0.2) is 24.5 Å². The fourth-order valence-electron chi connectivity index (χ4n) is 1.90. The first-order valence-electron chi connectivity index (χ1n) is 5.84. The Hall–Kier alpha value is -1.44. The Bertz CT molecular complexity index is 501. The van der Waals surface area contributed by atoms with Crippen LogP contribution in [0.4, 0.5) is 0 Å². The number of nitrogens with zero attached hydrogens (tertiary/aromatic N) is 2. The average molecular weight is 214 g/mol. The molecule has 2 aromatic rings. The number of aromatic nitrogens is 2.